The SMILES string of the molecule is CC(=O)Nc1cc(I)ccc1/N=N/c1snc2ccc([N+](=O)[O-])cc12. The summed E-state index contributed by atoms with van der Waals surface area (Å²) in [6.45, 7) is 1.41. The van der Waals surface area contributed by atoms with Gasteiger partial charge in [0.2, 0.25) is 5.91 Å². The quantitative estimate of drug-likeness (QED) is 0.247. The lowest BCUT2D eigenvalue weighted by molar-refractivity contribution is -0.384. The van der Waals surface area contributed by atoms with Crippen LogP contribution in [0.1, 0.15) is 6.92 Å². The van der Waals surface area contributed by atoms with Gasteiger partial charge in [-0.1, -0.05) is 0 Å². The van der Waals surface area contributed by atoms with Crippen LogP contribution in [0.25, 0.3) is 10.9 Å². The molecule has 2 aromatic carbocycles. The van der Waals surface area contributed by atoms with Crippen LogP contribution in [-0.4, -0.2) is 15.2 Å². The van der Waals surface area contributed by atoms with Gasteiger partial charge >= 0.3 is 0 Å². The zero-order valence-corrected chi connectivity index (χ0v) is 15.7. The Morgan fingerprint density at radius 3 is 2.80 bits per heavy atom. The van der Waals surface area contributed by atoms with Crippen LogP contribution in [0.4, 0.5) is 22.1 Å². The Kier molecular flexibility index (Phi) is 4.99. The van der Waals surface area contributed by atoms with Crippen LogP contribution in [0.5, 0.6) is 0 Å². The number of carbonyl (C=O) groups excluding carboxylic acids is 1. The third kappa shape index (κ3) is 3.96. The molecule has 0 saturated carbocycles. The molecular formula is C15H10IN5O3S. The summed E-state index contributed by atoms with van der Waals surface area (Å²) >= 11 is 3.24. The zero-order chi connectivity index (χ0) is 18.0. The largest absolute Gasteiger partial charge is 0.324 e. The minimum Gasteiger partial charge on any atom is -0.324 e. The number of hydrogen-bond donors (Lipinski definition) is 1. The summed E-state index contributed by atoms with van der Waals surface area (Å²) in [5.41, 5.74) is 1.62. The van der Waals surface area contributed by atoms with Crippen molar-refractivity contribution in [1.29, 1.82) is 0 Å². The summed E-state index contributed by atoms with van der Waals surface area (Å²) < 4.78 is 5.15. The first-order chi connectivity index (χ1) is 11.9. The van der Waals surface area contributed by atoms with Crippen molar-refractivity contribution in [3.63, 3.8) is 0 Å². The van der Waals surface area contributed by atoms with Crippen molar-refractivity contribution in [2.45, 2.75) is 6.92 Å². The Labute approximate surface area is 159 Å². The van der Waals surface area contributed by atoms with Gasteiger partial charge in [0.1, 0.15) is 5.69 Å². The van der Waals surface area contributed by atoms with E-state index in [0.717, 1.165) is 15.1 Å². The molecule has 0 atom stereocenters. The van der Waals surface area contributed by atoms with Gasteiger partial charge in [-0.05, 0) is 58.4 Å². The van der Waals surface area contributed by atoms with E-state index in [1.54, 1.807) is 18.2 Å². The highest BCUT2D eigenvalue weighted by Gasteiger charge is 2.12. The number of nitro benzene ring substituents is 1. The normalized spacial score (nSPS) is 11.1. The number of azo groups is 1. The van der Waals surface area contributed by atoms with Crippen molar-refractivity contribution in [3.05, 3.63) is 50.1 Å². The van der Waals surface area contributed by atoms with E-state index in [2.05, 4.69) is 42.5 Å². The monoisotopic (exact) mass is 467 g/mol. The molecule has 1 N–H and O–H groups in total. The summed E-state index contributed by atoms with van der Waals surface area (Å²) in [4.78, 5) is 21.8. The Morgan fingerprint density at radius 2 is 2.08 bits per heavy atom. The number of nitro groups is 1. The van der Waals surface area contributed by atoms with Crippen molar-refractivity contribution in [2.24, 2.45) is 10.2 Å². The van der Waals surface area contributed by atoms with Crippen molar-refractivity contribution in [3.8, 4) is 0 Å². The minimum atomic E-state index is -0.466. The number of fused-ring (bicyclic) bond motifs is 1. The van der Waals surface area contributed by atoms with E-state index in [0.29, 0.717) is 27.3 Å². The van der Waals surface area contributed by atoms with Crippen LogP contribution in [0.15, 0.2) is 46.6 Å². The highest BCUT2D eigenvalue weighted by Crippen LogP contribution is 2.35. The van der Waals surface area contributed by atoms with Crippen LogP contribution in [0, 0.1) is 13.7 Å². The molecule has 3 aromatic rings. The van der Waals surface area contributed by atoms with Crippen LogP contribution in [0.2, 0.25) is 0 Å². The third-order valence-corrected chi connectivity index (χ3v) is 4.60. The van der Waals surface area contributed by atoms with Crippen molar-refractivity contribution in [2.75, 3.05) is 5.32 Å². The first-order valence-electron chi connectivity index (χ1n) is 6.97. The number of benzene rings is 2. The van der Waals surface area contributed by atoms with Crippen LogP contribution < -0.4 is 5.32 Å². The summed E-state index contributed by atoms with van der Waals surface area (Å²) in [5.74, 6) is -0.211. The average molecular weight is 467 g/mol. The predicted molar refractivity (Wildman–Crippen MR) is 104 cm³/mol. The standard InChI is InChI=1S/C15H10IN5O3S/c1-8(22)17-14-6-9(16)2-4-13(14)18-19-15-11-7-10(21(23)24)3-5-12(11)20-25-15/h2-7H,1H3,(H,17,22)/b19-18+. The van der Waals surface area contributed by atoms with Gasteiger partial charge in [-0.2, -0.15) is 4.37 Å². The lowest BCUT2D eigenvalue weighted by Gasteiger charge is -2.05. The number of non-ortho nitro benzene ring substituents is 1. The lowest BCUT2D eigenvalue weighted by atomic mass is 10.2. The van der Waals surface area contributed by atoms with E-state index in [4.69, 9.17) is 0 Å². The van der Waals surface area contributed by atoms with Gasteiger partial charge in [-0.15, -0.1) is 10.2 Å². The van der Waals surface area contributed by atoms with Gasteiger partial charge in [0.25, 0.3) is 5.69 Å². The van der Waals surface area contributed by atoms with E-state index in [-0.39, 0.29) is 11.6 Å². The van der Waals surface area contributed by atoms with E-state index < -0.39 is 4.92 Å². The van der Waals surface area contributed by atoms with Crippen LogP contribution in [0.3, 0.4) is 0 Å². The van der Waals surface area contributed by atoms with E-state index in [1.165, 1.54) is 19.1 Å². The summed E-state index contributed by atoms with van der Waals surface area (Å²) in [6.07, 6.45) is 0. The number of nitrogens with zero attached hydrogens (tertiary/aromatic N) is 4. The number of carbonyl (C=O) groups is 1. The molecular weight excluding hydrogens is 457 g/mol. The molecule has 0 aliphatic rings. The van der Waals surface area contributed by atoms with E-state index in [9.17, 15) is 14.9 Å². The molecule has 1 amide bonds. The van der Waals surface area contributed by atoms with Gasteiger partial charge in [0, 0.05) is 28.0 Å². The van der Waals surface area contributed by atoms with Gasteiger partial charge in [-0.3, -0.25) is 14.9 Å². The minimum absolute atomic E-state index is 0.0302. The predicted octanol–water partition coefficient (Wildman–Crippen LogP) is 5.18. The number of nitrogens with one attached hydrogen (secondary N) is 1. The molecule has 126 valence electrons. The highest BCUT2D eigenvalue weighted by atomic mass is 127. The first kappa shape index (κ1) is 17.4. The number of hydrogen-bond acceptors (Lipinski definition) is 7. The molecule has 3 rings (SSSR count). The molecule has 0 fully saturated rings. The molecule has 0 radical (unpaired) electrons. The third-order valence-electron chi connectivity index (χ3n) is 3.17. The number of aromatic nitrogens is 1. The number of amides is 1. The Balaban J connectivity index is 2.00. The second-order valence-electron chi connectivity index (χ2n) is 4.99. The van der Waals surface area contributed by atoms with Crippen molar-refractivity contribution >= 4 is 73.0 Å². The van der Waals surface area contributed by atoms with Crippen LogP contribution >= 0.6 is 34.1 Å². The molecule has 25 heavy (non-hydrogen) atoms. The first-order valence-corrected chi connectivity index (χ1v) is 8.82. The van der Waals surface area contributed by atoms with Crippen LogP contribution in [-0.2, 0) is 4.79 Å². The van der Waals surface area contributed by atoms with E-state index >= 15 is 0 Å². The second-order valence-corrected chi connectivity index (χ2v) is 6.99. The molecule has 10 heteroatoms. The fourth-order valence-corrected chi connectivity index (χ4v) is 3.26. The zero-order valence-electron chi connectivity index (χ0n) is 12.8. The summed E-state index contributed by atoms with van der Waals surface area (Å²) in [6, 6.07) is 9.77. The molecule has 0 saturated heterocycles. The number of rotatable bonds is 4. The van der Waals surface area contributed by atoms with Crippen molar-refractivity contribution < 1.29 is 9.72 Å². The molecule has 0 bridgehead atoms. The molecule has 0 aliphatic heterocycles. The highest BCUT2D eigenvalue weighted by molar-refractivity contribution is 14.1. The van der Waals surface area contributed by atoms with Gasteiger partial charge in [0.05, 0.1) is 16.1 Å². The molecule has 0 aliphatic carbocycles. The maximum atomic E-state index is 11.3. The molecule has 0 spiro atoms. The van der Waals surface area contributed by atoms with Gasteiger partial charge in [0.15, 0.2) is 5.00 Å². The number of halogens is 1. The van der Waals surface area contributed by atoms with Gasteiger partial charge < -0.3 is 5.32 Å². The fourth-order valence-electron chi connectivity index (χ4n) is 2.09. The second kappa shape index (κ2) is 7.19. The molecule has 1 aromatic heterocycles. The fraction of sp³-hybridized carbons (Fsp3) is 0.0667. The molecule has 0 unspecified atom stereocenters. The average Bonchev–Trinajstić information content (AvgIpc) is 2.96. The summed E-state index contributed by atoms with van der Waals surface area (Å²) in [5, 5.41) is 23.0. The summed E-state index contributed by atoms with van der Waals surface area (Å²) in [7, 11) is 0. The Hall–Kier alpha value is -2.47. The maximum absolute atomic E-state index is 11.3. The van der Waals surface area contributed by atoms with Crippen molar-refractivity contribution in [1.82, 2.24) is 4.37 Å². The number of anilines is 1. The Bertz CT molecular complexity index is 1020. The molecule has 1 heterocycles. The van der Waals surface area contributed by atoms with E-state index in [1.807, 2.05) is 6.07 Å². The Morgan fingerprint density at radius 1 is 1.28 bits per heavy atom. The maximum Gasteiger partial charge on any atom is 0.270 e. The topological polar surface area (TPSA) is 110 Å². The van der Waals surface area contributed by atoms with Gasteiger partial charge in [-0.25, -0.2) is 0 Å². The lowest BCUT2D eigenvalue weighted by Crippen LogP contribution is -2.05. The molecule has 8 nitrogen and oxygen atoms in total. The smallest absolute Gasteiger partial charge is 0.270 e.